The van der Waals surface area contributed by atoms with Crippen molar-refractivity contribution in [3.8, 4) is 11.1 Å². The number of anilines is 6. The first kappa shape index (κ1) is 48.7. The Kier molecular flexibility index (Phi) is 11.5. The van der Waals surface area contributed by atoms with Gasteiger partial charge in [-0.25, -0.2) is 0 Å². The molecule has 0 atom stereocenters. The maximum absolute atomic E-state index is 7.37. The summed E-state index contributed by atoms with van der Waals surface area (Å²) in [6.45, 7) is 4.50. The summed E-state index contributed by atoms with van der Waals surface area (Å²) in [7, 11) is 0. The summed E-state index contributed by atoms with van der Waals surface area (Å²) in [5.74, 6) is 0. The fourth-order valence-corrected chi connectivity index (χ4v) is 14.3. The van der Waals surface area contributed by atoms with Crippen molar-refractivity contribution in [3.05, 3.63) is 300 Å². The molecule has 16 rings (SSSR count). The smallest absolute Gasteiger partial charge is 0.159 e. The van der Waals surface area contributed by atoms with E-state index in [1.165, 1.54) is 82.2 Å². The molecule has 13 aromatic carbocycles. The summed E-state index contributed by atoms with van der Waals surface area (Å²) in [6, 6.07) is 98.5. The van der Waals surface area contributed by atoms with Crippen molar-refractivity contribution in [2.24, 2.45) is 0 Å². The minimum absolute atomic E-state index is 0.786. The summed E-state index contributed by atoms with van der Waals surface area (Å²) in [5, 5.41) is 11.8. The van der Waals surface area contributed by atoms with Crippen LogP contribution in [-0.4, -0.2) is 0 Å². The first-order chi connectivity index (χ1) is 41.1. The monoisotopic (exact) mass is 1070 g/mol. The molecule has 0 N–H and O–H groups in total. The van der Waals surface area contributed by atoms with E-state index in [0.717, 1.165) is 98.3 Å². The van der Waals surface area contributed by atoms with Gasteiger partial charge in [-0.1, -0.05) is 227 Å². The van der Waals surface area contributed by atoms with Gasteiger partial charge in [-0.05, 0) is 151 Å². The second kappa shape index (κ2) is 19.5. The van der Waals surface area contributed by atoms with Gasteiger partial charge in [0.05, 0.1) is 22.5 Å². The van der Waals surface area contributed by atoms with Crippen molar-refractivity contribution >= 4 is 110 Å². The van der Waals surface area contributed by atoms with Crippen molar-refractivity contribution in [2.75, 3.05) is 9.80 Å². The summed E-state index contributed by atoms with van der Waals surface area (Å²) >= 11 is 0. The molecule has 0 amide bonds. The second-order valence-corrected chi connectivity index (χ2v) is 22.4. The Hall–Kier alpha value is -10.2. The lowest BCUT2D eigenvalue weighted by molar-refractivity contribution is 0.661. The number of para-hydroxylation sites is 4. The first-order valence-corrected chi connectivity index (χ1v) is 29.4. The van der Waals surface area contributed by atoms with Crippen LogP contribution in [0.25, 0.3) is 87.3 Å². The molecule has 0 spiro atoms. The van der Waals surface area contributed by atoms with Crippen molar-refractivity contribution in [1.29, 1.82) is 0 Å². The van der Waals surface area contributed by atoms with Crippen LogP contribution >= 0.6 is 0 Å². The molecule has 0 saturated heterocycles. The molecule has 0 unspecified atom stereocenters. The minimum Gasteiger partial charge on any atom is -0.454 e. The maximum Gasteiger partial charge on any atom is 0.159 e. The van der Waals surface area contributed by atoms with Gasteiger partial charge in [-0.2, -0.15) is 0 Å². The molecule has 4 nitrogen and oxygen atoms in total. The highest BCUT2D eigenvalue weighted by Crippen LogP contribution is 2.61. The Bertz CT molecular complexity index is 4960. The molecule has 4 heteroatoms. The van der Waals surface area contributed by atoms with E-state index < -0.39 is 5.41 Å². The normalized spacial score (nSPS) is 12.7. The number of benzene rings is 13. The zero-order valence-electron chi connectivity index (χ0n) is 46.4. The fourth-order valence-electron chi connectivity index (χ4n) is 14.3. The third-order valence-electron chi connectivity index (χ3n) is 17.7. The molecule has 1 aliphatic rings. The summed E-state index contributed by atoms with van der Waals surface area (Å²) in [5.41, 5.74) is 18.7. The maximum atomic E-state index is 7.37. The van der Waals surface area contributed by atoms with Crippen LogP contribution in [0.5, 0.6) is 0 Å². The van der Waals surface area contributed by atoms with Gasteiger partial charge in [0.1, 0.15) is 11.2 Å². The van der Waals surface area contributed by atoms with E-state index in [1.54, 1.807) is 0 Å². The molecular weight excluding hydrogens is 1010 g/mol. The molecule has 1 aliphatic carbocycles. The van der Waals surface area contributed by atoms with E-state index in [9.17, 15) is 0 Å². The van der Waals surface area contributed by atoms with Gasteiger partial charge in [0.2, 0.25) is 0 Å². The lowest BCUT2D eigenvalue weighted by Crippen LogP contribution is -2.29. The summed E-state index contributed by atoms with van der Waals surface area (Å²) in [4.78, 5) is 4.88. The predicted octanol–water partition coefficient (Wildman–Crippen LogP) is 22.2. The van der Waals surface area contributed by atoms with Crippen LogP contribution < -0.4 is 9.80 Å². The van der Waals surface area contributed by atoms with E-state index in [2.05, 4.69) is 291 Å². The SMILES string of the molecule is CCCc1cc2ccccc2c2c1oc1c(N(c3ccccc3)c3ccc4c(c3)C(c3ccccc3)(c3ccccc3)c3cc(N(c5ccccc5)c5cccc6c5oc5c(CCC)cc7ccccc7c56)c5ccccc5c3-4)cccc12. The van der Waals surface area contributed by atoms with Gasteiger partial charge in [0.25, 0.3) is 0 Å². The van der Waals surface area contributed by atoms with Gasteiger partial charge in [-0.15, -0.1) is 0 Å². The Morgan fingerprint density at radius 1 is 0.325 bits per heavy atom. The number of hydrogen-bond donors (Lipinski definition) is 0. The topological polar surface area (TPSA) is 32.8 Å². The molecule has 83 heavy (non-hydrogen) atoms. The van der Waals surface area contributed by atoms with Crippen LogP contribution in [-0.2, 0) is 18.3 Å². The minimum atomic E-state index is -0.786. The first-order valence-electron chi connectivity index (χ1n) is 29.4. The van der Waals surface area contributed by atoms with Crippen LogP contribution in [0, 0.1) is 0 Å². The van der Waals surface area contributed by atoms with Crippen molar-refractivity contribution in [1.82, 2.24) is 0 Å². The average molecular weight is 1070 g/mol. The van der Waals surface area contributed by atoms with E-state index in [4.69, 9.17) is 8.83 Å². The van der Waals surface area contributed by atoms with E-state index in [1.807, 2.05) is 0 Å². The van der Waals surface area contributed by atoms with E-state index >= 15 is 0 Å². The summed E-state index contributed by atoms with van der Waals surface area (Å²) < 4.78 is 14.7. The molecule has 0 bridgehead atoms. The third kappa shape index (κ3) is 7.38. The Labute approximate surface area is 482 Å². The zero-order chi connectivity index (χ0) is 55.2. The Morgan fingerprint density at radius 2 is 0.771 bits per heavy atom. The molecular formula is C79H58N2O2. The molecule has 2 heterocycles. The Morgan fingerprint density at radius 3 is 1.30 bits per heavy atom. The largest absolute Gasteiger partial charge is 0.454 e. The molecule has 0 fully saturated rings. The van der Waals surface area contributed by atoms with Crippen molar-refractivity contribution in [3.63, 3.8) is 0 Å². The van der Waals surface area contributed by atoms with Crippen molar-refractivity contribution in [2.45, 2.75) is 44.9 Å². The van der Waals surface area contributed by atoms with Gasteiger partial charge in [-0.3, -0.25) is 0 Å². The molecule has 2 aromatic heterocycles. The van der Waals surface area contributed by atoms with Crippen molar-refractivity contribution < 1.29 is 8.83 Å². The van der Waals surface area contributed by atoms with Gasteiger partial charge in [0, 0.05) is 44.0 Å². The summed E-state index contributed by atoms with van der Waals surface area (Å²) in [6.07, 6.45) is 3.89. The van der Waals surface area contributed by atoms with Crippen LogP contribution in [0.2, 0.25) is 0 Å². The number of rotatable bonds is 12. The van der Waals surface area contributed by atoms with E-state index in [-0.39, 0.29) is 0 Å². The van der Waals surface area contributed by atoms with E-state index in [0.29, 0.717) is 0 Å². The highest BCUT2D eigenvalue weighted by Gasteiger charge is 2.48. The van der Waals surface area contributed by atoms with Crippen LogP contribution in [0.1, 0.15) is 60.1 Å². The zero-order valence-corrected chi connectivity index (χ0v) is 46.4. The Balaban J connectivity index is 0.987. The van der Waals surface area contributed by atoms with Crippen LogP contribution in [0.4, 0.5) is 34.1 Å². The number of furan rings is 2. The van der Waals surface area contributed by atoms with Crippen LogP contribution in [0.3, 0.4) is 0 Å². The van der Waals surface area contributed by atoms with Gasteiger partial charge >= 0.3 is 0 Å². The molecule has 396 valence electrons. The average Bonchev–Trinajstić information content (AvgIpc) is 1.68. The lowest BCUT2D eigenvalue weighted by Gasteiger charge is -2.36. The standard InChI is InChI=1S/C79H58N2O2/c1-3-25-53-47-51-27-17-19-37-60(51)73-65-41-23-43-69(77(65)82-75(53)73)80(57-33-13-7-14-34-57)59-45-46-64-67(49-59)79(55-29-9-5-10-30-55,56-31-11-6-12-32-56)68-50-71(62-39-21-22-40-63(62)72(64)68)81(58-35-15-8-16-36-58)70-44-24-42-66-74-61-38-20-18-28-52(61)48-54(26-4-2)76(74)83-78(66)70/h5-24,27-50H,3-4,25-26H2,1-2H3. The predicted molar refractivity (Wildman–Crippen MR) is 348 cm³/mol. The second-order valence-electron chi connectivity index (χ2n) is 22.4. The fraction of sp³-hybridized carbons (Fsp3) is 0.0886. The molecule has 0 saturated carbocycles. The molecule has 0 radical (unpaired) electrons. The molecule has 0 aliphatic heterocycles. The quantitative estimate of drug-likeness (QED) is 0.122. The lowest BCUT2D eigenvalue weighted by atomic mass is 9.67. The van der Waals surface area contributed by atoms with Crippen LogP contribution in [0.15, 0.2) is 276 Å². The highest BCUT2D eigenvalue weighted by atomic mass is 16.3. The molecule has 15 aromatic rings. The van der Waals surface area contributed by atoms with Gasteiger partial charge < -0.3 is 18.6 Å². The number of nitrogens with zero attached hydrogens (tertiary/aromatic N) is 2. The third-order valence-corrected chi connectivity index (χ3v) is 17.7. The number of aryl methyl sites for hydroxylation is 2. The highest BCUT2D eigenvalue weighted by molar-refractivity contribution is 6.24. The number of hydrogen-bond acceptors (Lipinski definition) is 4. The number of fused-ring (bicyclic) bond motifs is 15. The van der Waals surface area contributed by atoms with Gasteiger partial charge in [0.15, 0.2) is 11.2 Å².